The summed E-state index contributed by atoms with van der Waals surface area (Å²) in [6.07, 6.45) is -0.446. The summed E-state index contributed by atoms with van der Waals surface area (Å²) in [4.78, 5) is 10.1. The summed E-state index contributed by atoms with van der Waals surface area (Å²) in [5.74, 6) is -1.74. The first kappa shape index (κ1) is 13.0. The van der Waals surface area contributed by atoms with Crippen LogP contribution >= 0.6 is 0 Å². The molecule has 1 saturated heterocycles. The molecule has 0 aromatic carbocycles. The molecule has 0 saturated carbocycles. The molecule has 0 bridgehead atoms. The number of hydrogen-bond acceptors (Lipinski definition) is 4. The normalized spacial score (nSPS) is 26.3. The van der Waals surface area contributed by atoms with E-state index in [0.29, 0.717) is 6.61 Å². The van der Waals surface area contributed by atoms with Crippen molar-refractivity contribution in [3.8, 4) is 0 Å². The van der Waals surface area contributed by atoms with Crippen molar-refractivity contribution in [3.05, 3.63) is 0 Å². The molecule has 1 atom stereocenters. The summed E-state index contributed by atoms with van der Waals surface area (Å²) in [6.45, 7) is 3.84. The van der Waals surface area contributed by atoms with Gasteiger partial charge in [-0.1, -0.05) is 0 Å². The molecule has 0 aromatic heterocycles. The van der Waals surface area contributed by atoms with Gasteiger partial charge in [-0.2, -0.15) is 0 Å². The molecular formula is C7H11KO4. The molecule has 0 radical (unpaired) electrons. The van der Waals surface area contributed by atoms with E-state index in [9.17, 15) is 9.90 Å². The first-order chi connectivity index (χ1) is 4.99. The zero-order valence-electron chi connectivity index (χ0n) is 7.62. The van der Waals surface area contributed by atoms with Gasteiger partial charge in [0, 0.05) is 12.4 Å². The topological polar surface area (TPSA) is 58.6 Å². The molecule has 1 unspecified atom stereocenters. The standard InChI is InChI=1S/C7H12O4.K/c1-7(2)10-4-5(11-7)3-6(8)9;/h5H,3-4H2,1-2H3,(H,8,9);/q;+1/p-1. The molecule has 0 spiro atoms. The van der Waals surface area contributed by atoms with Crippen LogP contribution in [0.3, 0.4) is 0 Å². The van der Waals surface area contributed by atoms with Crippen molar-refractivity contribution in [2.45, 2.75) is 32.2 Å². The summed E-state index contributed by atoms with van der Waals surface area (Å²) in [7, 11) is 0. The average Bonchev–Trinajstić information content (AvgIpc) is 2.08. The second-order valence-electron chi connectivity index (χ2n) is 3.03. The van der Waals surface area contributed by atoms with Crippen molar-refractivity contribution in [2.24, 2.45) is 0 Å². The van der Waals surface area contributed by atoms with Crippen LogP contribution in [0.1, 0.15) is 20.3 Å². The Kier molecular flexibility index (Phi) is 5.48. The number of carbonyl (C=O) groups is 1. The van der Waals surface area contributed by atoms with Crippen LogP contribution in [0.25, 0.3) is 0 Å². The van der Waals surface area contributed by atoms with Gasteiger partial charge in [0.2, 0.25) is 0 Å². The molecule has 1 aliphatic rings. The van der Waals surface area contributed by atoms with E-state index in [4.69, 9.17) is 9.47 Å². The SMILES string of the molecule is CC1(C)OCC(CC(=O)[O-])O1.[K+]. The Morgan fingerprint density at radius 1 is 1.67 bits per heavy atom. The summed E-state index contributed by atoms with van der Waals surface area (Å²) >= 11 is 0. The molecule has 4 nitrogen and oxygen atoms in total. The number of aliphatic carboxylic acids is 1. The monoisotopic (exact) mass is 198 g/mol. The van der Waals surface area contributed by atoms with Crippen LogP contribution in [0.5, 0.6) is 0 Å². The van der Waals surface area contributed by atoms with E-state index < -0.39 is 11.8 Å². The fourth-order valence-electron chi connectivity index (χ4n) is 1.05. The molecule has 1 fully saturated rings. The minimum absolute atomic E-state index is 0. The summed E-state index contributed by atoms with van der Waals surface area (Å²) < 4.78 is 10.4. The third kappa shape index (κ3) is 4.32. The maximum Gasteiger partial charge on any atom is 1.00 e. The van der Waals surface area contributed by atoms with Gasteiger partial charge < -0.3 is 19.4 Å². The van der Waals surface area contributed by atoms with Crippen LogP contribution in [-0.2, 0) is 14.3 Å². The molecule has 1 heterocycles. The molecular weight excluding hydrogens is 187 g/mol. The van der Waals surface area contributed by atoms with Crippen LogP contribution in [0.4, 0.5) is 0 Å². The zero-order valence-corrected chi connectivity index (χ0v) is 10.7. The molecule has 1 rings (SSSR count). The van der Waals surface area contributed by atoms with Gasteiger partial charge >= 0.3 is 51.4 Å². The number of carboxylic acids is 1. The Balaban J connectivity index is 0.00000121. The predicted octanol–water partition coefficient (Wildman–Crippen LogP) is -3.72. The number of rotatable bonds is 2. The molecule has 0 N–H and O–H groups in total. The van der Waals surface area contributed by atoms with Gasteiger partial charge in [-0.05, 0) is 13.8 Å². The summed E-state index contributed by atoms with van der Waals surface area (Å²) in [5.41, 5.74) is 0. The second-order valence-corrected chi connectivity index (χ2v) is 3.03. The maximum atomic E-state index is 10.1. The van der Waals surface area contributed by atoms with E-state index in [1.165, 1.54) is 0 Å². The molecule has 12 heavy (non-hydrogen) atoms. The van der Waals surface area contributed by atoms with Crippen LogP contribution in [0.15, 0.2) is 0 Å². The first-order valence-corrected chi connectivity index (χ1v) is 3.51. The Labute approximate surface area is 114 Å². The van der Waals surface area contributed by atoms with Crippen molar-refractivity contribution < 1.29 is 70.8 Å². The molecule has 5 heteroatoms. The predicted molar refractivity (Wildman–Crippen MR) is 34.5 cm³/mol. The minimum Gasteiger partial charge on any atom is -0.550 e. The Hall–Kier alpha value is 1.03. The number of carboxylic acid groups (broad SMARTS) is 1. The first-order valence-electron chi connectivity index (χ1n) is 3.51. The van der Waals surface area contributed by atoms with Crippen molar-refractivity contribution in [3.63, 3.8) is 0 Å². The van der Waals surface area contributed by atoms with Gasteiger partial charge in [-0.3, -0.25) is 0 Å². The summed E-state index contributed by atoms with van der Waals surface area (Å²) in [6, 6.07) is 0. The average molecular weight is 198 g/mol. The van der Waals surface area contributed by atoms with Crippen molar-refractivity contribution in [1.29, 1.82) is 0 Å². The number of carbonyl (C=O) groups excluding carboxylic acids is 1. The Bertz CT molecular complexity index is 169. The van der Waals surface area contributed by atoms with Gasteiger partial charge in [0.15, 0.2) is 5.79 Å². The van der Waals surface area contributed by atoms with Crippen molar-refractivity contribution in [2.75, 3.05) is 6.61 Å². The zero-order chi connectivity index (χ0) is 8.48. The third-order valence-electron chi connectivity index (χ3n) is 1.46. The van der Waals surface area contributed by atoms with Gasteiger partial charge in [0.1, 0.15) is 0 Å². The van der Waals surface area contributed by atoms with Crippen LogP contribution < -0.4 is 56.5 Å². The van der Waals surface area contributed by atoms with E-state index in [2.05, 4.69) is 0 Å². The summed E-state index contributed by atoms with van der Waals surface area (Å²) in [5, 5.41) is 10.1. The molecule has 0 aliphatic carbocycles. The van der Waals surface area contributed by atoms with Crippen LogP contribution in [0.2, 0.25) is 0 Å². The fraction of sp³-hybridized carbons (Fsp3) is 0.857. The maximum absolute atomic E-state index is 10.1. The van der Waals surface area contributed by atoms with Crippen LogP contribution in [0, 0.1) is 0 Å². The number of hydrogen-bond donors (Lipinski definition) is 0. The quantitative estimate of drug-likeness (QED) is 0.428. The minimum atomic E-state index is -1.10. The van der Waals surface area contributed by atoms with Crippen molar-refractivity contribution >= 4 is 5.97 Å². The molecule has 0 amide bonds. The van der Waals surface area contributed by atoms with Crippen molar-refractivity contribution in [1.82, 2.24) is 0 Å². The van der Waals surface area contributed by atoms with E-state index >= 15 is 0 Å². The Morgan fingerprint density at radius 2 is 2.25 bits per heavy atom. The largest absolute Gasteiger partial charge is 1.00 e. The molecule has 0 aromatic rings. The second kappa shape index (κ2) is 5.04. The van der Waals surface area contributed by atoms with E-state index in [1.807, 2.05) is 0 Å². The van der Waals surface area contributed by atoms with Gasteiger partial charge in [-0.25, -0.2) is 0 Å². The molecule has 1 aliphatic heterocycles. The fourth-order valence-corrected chi connectivity index (χ4v) is 1.05. The van der Waals surface area contributed by atoms with E-state index in [-0.39, 0.29) is 63.9 Å². The van der Waals surface area contributed by atoms with Crippen LogP contribution in [-0.4, -0.2) is 24.5 Å². The Morgan fingerprint density at radius 3 is 2.58 bits per heavy atom. The van der Waals surface area contributed by atoms with E-state index in [1.54, 1.807) is 13.8 Å². The third-order valence-corrected chi connectivity index (χ3v) is 1.46. The van der Waals surface area contributed by atoms with E-state index in [0.717, 1.165) is 0 Å². The van der Waals surface area contributed by atoms with Gasteiger partial charge in [0.05, 0.1) is 12.7 Å². The number of ether oxygens (including phenoxy) is 2. The van der Waals surface area contributed by atoms with Gasteiger partial charge in [-0.15, -0.1) is 0 Å². The smallest absolute Gasteiger partial charge is 0.550 e. The van der Waals surface area contributed by atoms with Gasteiger partial charge in [0.25, 0.3) is 0 Å². The molecule has 64 valence electrons.